The molecule has 2 rings (SSSR count). The molecule has 1 fully saturated rings. The van der Waals surface area contributed by atoms with Crippen LogP contribution in [0.3, 0.4) is 0 Å². The van der Waals surface area contributed by atoms with Gasteiger partial charge in [-0.05, 0) is 25.0 Å². The minimum atomic E-state index is -0.139. The number of nitrogens with zero attached hydrogens (tertiary/aromatic N) is 1. The van der Waals surface area contributed by atoms with Gasteiger partial charge in [-0.25, -0.2) is 0 Å². The van der Waals surface area contributed by atoms with Gasteiger partial charge in [0.25, 0.3) is 0 Å². The maximum atomic E-state index is 6.32. The highest BCUT2D eigenvalue weighted by molar-refractivity contribution is 5.15. The van der Waals surface area contributed by atoms with Crippen molar-refractivity contribution in [1.82, 2.24) is 4.98 Å². The summed E-state index contributed by atoms with van der Waals surface area (Å²) in [5.41, 5.74) is 7.24. The fraction of sp³-hybridized carbons (Fsp3) is 0.545. The van der Waals surface area contributed by atoms with Gasteiger partial charge >= 0.3 is 0 Å². The molecule has 0 spiro atoms. The van der Waals surface area contributed by atoms with Crippen LogP contribution in [0.1, 0.15) is 37.8 Å². The highest BCUT2D eigenvalue weighted by Gasteiger charge is 2.30. The Bertz CT molecular complexity index is 263. The lowest BCUT2D eigenvalue weighted by molar-refractivity contribution is 0.295. The second-order valence-electron chi connectivity index (χ2n) is 3.93. The molecule has 0 bridgehead atoms. The van der Waals surface area contributed by atoms with E-state index in [4.69, 9.17) is 5.73 Å². The van der Waals surface area contributed by atoms with Crippen molar-refractivity contribution in [2.24, 2.45) is 5.73 Å². The Labute approximate surface area is 79.2 Å². The molecule has 0 aromatic carbocycles. The van der Waals surface area contributed by atoms with Crippen LogP contribution in [0.4, 0.5) is 0 Å². The van der Waals surface area contributed by atoms with Crippen LogP contribution in [-0.4, -0.2) is 4.98 Å². The van der Waals surface area contributed by atoms with Gasteiger partial charge in [0.1, 0.15) is 0 Å². The first-order valence-electron chi connectivity index (χ1n) is 5.02. The molecule has 0 saturated heterocycles. The van der Waals surface area contributed by atoms with Gasteiger partial charge in [0.15, 0.2) is 0 Å². The summed E-state index contributed by atoms with van der Waals surface area (Å²) in [5.74, 6) is 0. The number of pyridine rings is 1. The molecule has 0 aliphatic heterocycles. The first kappa shape index (κ1) is 8.70. The minimum absolute atomic E-state index is 0.139. The normalized spacial score (nSPS) is 21.3. The molecule has 1 aliphatic rings. The minimum Gasteiger partial charge on any atom is -0.320 e. The summed E-state index contributed by atoms with van der Waals surface area (Å²) >= 11 is 0. The quantitative estimate of drug-likeness (QED) is 0.712. The van der Waals surface area contributed by atoms with E-state index in [9.17, 15) is 0 Å². The summed E-state index contributed by atoms with van der Waals surface area (Å²) in [4.78, 5) is 4.35. The molecule has 2 nitrogen and oxygen atoms in total. The maximum absolute atomic E-state index is 6.32. The number of hydrogen-bond acceptors (Lipinski definition) is 2. The Kier molecular flexibility index (Phi) is 2.32. The van der Waals surface area contributed by atoms with Gasteiger partial charge in [-0.3, -0.25) is 4.98 Å². The fourth-order valence-corrected chi connectivity index (χ4v) is 2.10. The van der Waals surface area contributed by atoms with Crippen molar-refractivity contribution in [2.75, 3.05) is 0 Å². The summed E-state index contributed by atoms with van der Waals surface area (Å²) in [6, 6.07) is 6.01. The highest BCUT2D eigenvalue weighted by atomic mass is 14.8. The fourth-order valence-electron chi connectivity index (χ4n) is 2.10. The van der Waals surface area contributed by atoms with Crippen molar-refractivity contribution >= 4 is 0 Å². The van der Waals surface area contributed by atoms with Gasteiger partial charge in [-0.2, -0.15) is 0 Å². The lowest BCUT2D eigenvalue weighted by Gasteiger charge is -2.32. The molecular weight excluding hydrogens is 160 g/mol. The largest absolute Gasteiger partial charge is 0.320 e. The Morgan fingerprint density at radius 3 is 2.54 bits per heavy atom. The predicted octanol–water partition coefficient (Wildman–Crippen LogP) is 2.20. The molecule has 1 aromatic rings. The van der Waals surface area contributed by atoms with Crippen LogP contribution in [-0.2, 0) is 5.54 Å². The first-order chi connectivity index (χ1) is 6.31. The monoisotopic (exact) mass is 176 g/mol. The highest BCUT2D eigenvalue weighted by Crippen LogP contribution is 2.33. The Balaban J connectivity index is 2.23. The second kappa shape index (κ2) is 3.46. The zero-order chi connectivity index (χ0) is 9.15. The van der Waals surface area contributed by atoms with Crippen molar-refractivity contribution in [1.29, 1.82) is 0 Å². The molecule has 0 amide bonds. The molecule has 0 atom stereocenters. The summed E-state index contributed by atoms with van der Waals surface area (Å²) in [5, 5.41) is 0. The molecule has 70 valence electrons. The van der Waals surface area contributed by atoms with Gasteiger partial charge in [-0.1, -0.05) is 25.3 Å². The van der Waals surface area contributed by atoms with Crippen LogP contribution in [0, 0.1) is 0 Å². The molecule has 13 heavy (non-hydrogen) atoms. The van der Waals surface area contributed by atoms with E-state index in [1.165, 1.54) is 19.3 Å². The molecule has 0 radical (unpaired) electrons. The van der Waals surface area contributed by atoms with E-state index in [0.717, 1.165) is 18.5 Å². The third-order valence-electron chi connectivity index (χ3n) is 2.92. The molecule has 1 saturated carbocycles. The van der Waals surface area contributed by atoms with Crippen molar-refractivity contribution < 1.29 is 0 Å². The average molecular weight is 176 g/mol. The summed E-state index contributed by atoms with van der Waals surface area (Å²) in [6.07, 6.45) is 7.82. The lowest BCUT2D eigenvalue weighted by atomic mass is 9.80. The van der Waals surface area contributed by atoms with Gasteiger partial charge < -0.3 is 5.73 Å². The van der Waals surface area contributed by atoms with Gasteiger partial charge in [0, 0.05) is 6.20 Å². The molecule has 2 N–H and O–H groups in total. The molecule has 1 aromatic heterocycles. The number of rotatable bonds is 1. The van der Waals surface area contributed by atoms with E-state index in [2.05, 4.69) is 4.98 Å². The molecule has 0 unspecified atom stereocenters. The lowest BCUT2D eigenvalue weighted by Crippen LogP contribution is -2.39. The van der Waals surface area contributed by atoms with E-state index < -0.39 is 0 Å². The number of aromatic nitrogens is 1. The molecular formula is C11H16N2. The van der Waals surface area contributed by atoms with Gasteiger partial charge in [0.2, 0.25) is 0 Å². The van der Waals surface area contributed by atoms with E-state index in [1.807, 2.05) is 24.4 Å². The molecule has 2 heteroatoms. The number of hydrogen-bond donors (Lipinski definition) is 1. The SMILES string of the molecule is NC1(c2ccccn2)CCCCC1. The Morgan fingerprint density at radius 2 is 1.92 bits per heavy atom. The van der Waals surface area contributed by atoms with Crippen molar-refractivity contribution in [3.05, 3.63) is 30.1 Å². The van der Waals surface area contributed by atoms with Crippen molar-refractivity contribution in [3.63, 3.8) is 0 Å². The van der Waals surface area contributed by atoms with Crippen LogP contribution in [0.25, 0.3) is 0 Å². The predicted molar refractivity (Wildman–Crippen MR) is 53.2 cm³/mol. The zero-order valence-electron chi connectivity index (χ0n) is 7.87. The number of nitrogens with two attached hydrogens (primary N) is 1. The Hall–Kier alpha value is -0.890. The smallest absolute Gasteiger partial charge is 0.0602 e. The van der Waals surface area contributed by atoms with Gasteiger partial charge in [-0.15, -0.1) is 0 Å². The zero-order valence-corrected chi connectivity index (χ0v) is 7.87. The van der Waals surface area contributed by atoms with E-state index in [1.54, 1.807) is 0 Å². The Morgan fingerprint density at radius 1 is 1.15 bits per heavy atom. The first-order valence-corrected chi connectivity index (χ1v) is 5.02. The van der Waals surface area contributed by atoms with Crippen LogP contribution in [0.15, 0.2) is 24.4 Å². The van der Waals surface area contributed by atoms with Crippen molar-refractivity contribution in [3.8, 4) is 0 Å². The second-order valence-corrected chi connectivity index (χ2v) is 3.93. The summed E-state index contributed by atoms with van der Waals surface area (Å²) < 4.78 is 0. The van der Waals surface area contributed by atoms with E-state index in [-0.39, 0.29) is 5.54 Å². The topological polar surface area (TPSA) is 38.9 Å². The summed E-state index contributed by atoms with van der Waals surface area (Å²) in [6.45, 7) is 0. The van der Waals surface area contributed by atoms with Gasteiger partial charge in [0.05, 0.1) is 11.2 Å². The van der Waals surface area contributed by atoms with Crippen molar-refractivity contribution in [2.45, 2.75) is 37.6 Å². The third-order valence-corrected chi connectivity index (χ3v) is 2.92. The van der Waals surface area contributed by atoms with Crippen LogP contribution < -0.4 is 5.73 Å². The third kappa shape index (κ3) is 1.73. The van der Waals surface area contributed by atoms with Crippen LogP contribution in [0.2, 0.25) is 0 Å². The average Bonchev–Trinajstić information content (AvgIpc) is 2.20. The maximum Gasteiger partial charge on any atom is 0.0602 e. The van der Waals surface area contributed by atoms with E-state index >= 15 is 0 Å². The summed E-state index contributed by atoms with van der Waals surface area (Å²) in [7, 11) is 0. The van der Waals surface area contributed by atoms with E-state index in [0.29, 0.717) is 0 Å². The standard InChI is InChI=1S/C11H16N2/c12-11(7-3-1-4-8-11)10-6-2-5-9-13-10/h2,5-6,9H,1,3-4,7-8,12H2. The molecule has 1 heterocycles. The molecule has 1 aliphatic carbocycles. The van der Waals surface area contributed by atoms with Crippen LogP contribution in [0.5, 0.6) is 0 Å². The van der Waals surface area contributed by atoms with Crippen LogP contribution >= 0.6 is 0 Å².